The SMILES string of the molecule is COc1ccccc1-c1cc(C2CC2)ncc1C(=O)Nc1nnc(OCc2ccc(Cl)cn2)s1. The molecule has 0 unspecified atom stereocenters. The second-order valence-electron chi connectivity index (χ2n) is 7.71. The number of aromatic nitrogens is 4. The number of methoxy groups -OCH3 is 1. The van der Waals surface area contributed by atoms with Gasteiger partial charge in [-0.2, -0.15) is 0 Å². The van der Waals surface area contributed by atoms with E-state index >= 15 is 0 Å². The van der Waals surface area contributed by atoms with Crippen molar-refractivity contribution >= 4 is 34.0 Å². The Balaban J connectivity index is 1.35. The van der Waals surface area contributed by atoms with Crippen LogP contribution in [0.3, 0.4) is 0 Å². The first-order valence-electron chi connectivity index (χ1n) is 10.6. The van der Waals surface area contributed by atoms with Gasteiger partial charge in [0.15, 0.2) is 0 Å². The van der Waals surface area contributed by atoms with Crippen LogP contribution in [0.15, 0.2) is 54.9 Å². The smallest absolute Gasteiger partial charge is 0.296 e. The average molecular weight is 494 g/mol. The zero-order chi connectivity index (χ0) is 23.5. The van der Waals surface area contributed by atoms with Gasteiger partial charge in [0.05, 0.1) is 23.4 Å². The van der Waals surface area contributed by atoms with Gasteiger partial charge in [-0.3, -0.25) is 20.1 Å². The molecule has 5 rings (SSSR count). The summed E-state index contributed by atoms with van der Waals surface area (Å²) in [5.74, 6) is 0.799. The second-order valence-corrected chi connectivity index (χ2v) is 9.09. The number of anilines is 1. The summed E-state index contributed by atoms with van der Waals surface area (Å²) in [4.78, 5) is 21.9. The summed E-state index contributed by atoms with van der Waals surface area (Å²) < 4.78 is 11.2. The lowest BCUT2D eigenvalue weighted by Gasteiger charge is -2.13. The molecule has 0 radical (unpaired) electrons. The highest BCUT2D eigenvalue weighted by Gasteiger charge is 2.27. The van der Waals surface area contributed by atoms with Crippen LogP contribution in [0.1, 0.15) is 40.5 Å². The molecule has 4 aromatic rings. The van der Waals surface area contributed by atoms with Gasteiger partial charge in [-0.1, -0.05) is 34.9 Å². The molecular weight excluding hydrogens is 474 g/mol. The van der Waals surface area contributed by atoms with Crippen LogP contribution >= 0.6 is 22.9 Å². The number of ether oxygens (including phenoxy) is 2. The number of halogens is 1. The molecule has 1 amide bonds. The maximum atomic E-state index is 13.2. The van der Waals surface area contributed by atoms with Gasteiger partial charge >= 0.3 is 0 Å². The van der Waals surface area contributed by atoms with Gasteiger partial charge in [0.2, 0.25) is 5.13 Å². The van der Waals surface area contributed by atoms with Crippen LogP contribution in [0.2, 0.25) is 5.02 Å². The highest BCUT2D eigenvalue weighted by molar-refractivity contribution is 7.17. The van der Waals surface area contributed by atoms with Crippen LogP contribution < -0.4 is 14.8 Å². The Labute approximate surface area is 205 Å². The number of nitrogens with zero attached hydrogens (tertiary/aromatic N) is 4. The first kappa shape index (κ1) is 22.2. The fourth-order valence-corrected chi connectivity index (χ4v) is 4.16. The van der Waals surface area contributed by atoms with Crippen LogP contribution in [0.4, 0.5) is 5.13 Å². The van der Waals surface area contributed by atoms with Crippen molar-refractivity contribution in [3.63, 3.8) is 0 Å². The zero-order valence-corrected chi connectivity index (χ0v) is 19.8. The quantitative estimate of drug-likeness (QED) is 0.352. The third-order valence-corrected chi connectivity index (χ3v) is 6.30. The van der Waals surface area contributed by atoms with Gasteiger partial charge in [0, 0.05) is 35.1 Å². The maximum Gasteiger partial charge on any atom is 0.296 e. The molecule has 0 spiro atoms. The average Bonchev–Trinajstić information content (AvgIpc) is 3.63. The molecule has 1 aromatic carbocycles. The predicted molar refractivity (Wildman–Crippen MR) is 130 cm³/mol. The summed E-state index contributed by atoms with van der Waals surface area (Å²) in [6, 6.07) is 13.1. The van der Waals surface area contributed by atoms with E-state index in [9.17, 15) is 4.79 Å². The third-order valence-electron chi connectivity index (χ3n) is 5.32. The summed E-state index contributed by atoms with van der Waals surface area (Å²) >= 11 is 6.98. The minimum absolute atomic E-state index is 0.213. The van der Waals surface area contributed by atoms with Crippen molar-refractivity contribution in [1.82, 2.24) is 20.2 Å². The largest absolute Gasteiger partial charge is 0.496 e. The Kier molecular flexibility index (Phi) is 6.37. The number of benzene rings is 1. The summed E-state index contributed by atoms with van der Waals surface area (Å²) in [5.41, 5.74) is 3.71. The van der Waals surface area contributed by atoms with Crippen molar-refractivity contribution in [2.45, 2.75) is 25.4 Å². The molecule has 1 saturated carbocycles. The Morgan fingerprint density at radius 3 is 2.74 bits per heavy atom. The Hall–Kier alpha value is -3.56. The van der Waals surface area contributed by atoms with E-state index in [1.807, 2.05) is 30.3 Å². The van der Waals surface area contributed by atoms with Crippen molar-refractivity contribution in [3.05, 3.63) is 76.8 Å². The Morgan fingerprint density at radius 2 is 1.97 bits per heavy atom. The molecule has 8 nitrogen and oxygen atoms in total. The van der Waals surface area contributed by atoms with Gasteiger partial charge in [-0.25, -0.2) is 0 Å². The van der Waals surface area contributed by atoms with Gasteiger partial charge in [-0.15, -0.1) is 5.10 Å². The number of hydrogen-bond donors (Lipinski definition) is 1. The van der Waals surface area contributed by atoms with Crippen molar-refractivity contribution in [3.8, 4) is 22.1 Å². The van der Waals surface area contributed by atoms with Crippen molar-refractivity contribution in [2.24, 2.45) is 0 Å². The highest BCUT2D eigenvalue weighted by Crippen LogP contribution is 2.42. The lowest BCUT2D eigenvalue weighted by Crippen LogP contribution is -2.14. The monoisotopic (exact) mass is 493 g/mol. The number of pyridine rings is 2. The summed E-state index contributed by atoms with van der Waals surface area (Å²) in [6.07, 6.45) is 5.40. The molecule has 0 aliphatic heterocycles. The number of carbonyl (C=O) groups is 1. The van der Waals surface area contributed by atoms with E-state index in [2.05, 4.69) is 25.5 Å². The molecule has 0 bridgehead atoms. The maximum absolute atomic E-state index is 13.2. The van der Waals surface area contributed by atoms with Crippen LogP contribution in [-0.4, -0.2) is 33.2 Å². The van der Waals surface area contributed by atoms with E-state index in [-0.39, 0.29) is 12.5 Å². The molecule has 172 valence electrons. The molecule has 1 N–H and O–H groups in total. The molecule has 1 fully saturated rings. The van der Waals surface area contributed by atoms with Crippen molar-refractivity contribution < 1.29 is 14.3 Å². The van der Waals surface area contributed by atoms with Gasteiger partial charge in [-0.05, 0) is 48.4 Å². The lowest BCUT2D eigenvalue weighted by molar-refractivity contribution is 0.102. The van der Waals surface area contributed by atoms with Gasteiger partial charge < -0.3 is 9.47 Å². The first-order chi connectivity index (χ1) is 16.6. The van der Waals surface area contributed by atoms with E-state index in [0.717, 1.165) is 41.0 Å². The van der Waals surface area contributed by atoms with Crippen LogP contribution in [-0.2, 0) is 6.61 Å². The fraction of sp³-hybridized carbons (Fsp3) is 0.208. The molecular formula is C24H20ClN5O3S. The first-order valence-corrected chi connectivity index (χ1v) is 11.8. The number of carbonyl (C=O) groups excluding carboxylic acids is 1. The molecule has 3 aromatic heterocycles. The number of para-hydroxylation sites is 1. The Morgan fingerprint density at radius 1 is 1.12 bits per heavy atom. The number of nitrogens with one attached hydrogen (secondary N) is 1. The third kappa shape index (κ3) is 5.00. The zero-order valence-electron chi connectivity index (χ0n) is 18.2. The van der Waals surface area contributed by atoms with Gasteiger partial charge in [0.25, 0.3) is 11.1 Å². The second kappa shape index (κ2) is 9.74. The molecule has 0 saturated heterocycles. The lowest BCUT2D eigenvalue weighted by atomic mass is 9.98. The minimum Gasteiger partial charge on any atom is -0.496 e. The molecule has 3 heterocycles. The summed E-state index contributed by atoms with van der Waals surface area (Å²) in [5, 5.41) is 12.0. The minimum atomic E-state index is -0.335. The van der Waals surface area contributed by atoms with E-state index in [1.54, 1.807) is 31.6 Å². The van der Waals surface area contributed by atoms with E-state index < -0.39 is 0 Å². The highest BCUT2D eigenvalue weighted by atomic mass is 35.5. The number of hydrogen-bond acceptors (Lipinski definition) is 8. The predicted octanol–water partition coefficient (Wildman–Crippen LogP) is 5.37. The van der Waals surface area contributed by atoms with E-state index in [0.29, 0.717) is 38.3 Å². The van der Waals surface area contributed by atoms with E-state index in [4.69, 9.17) is 21.1 Å². The molecule has 1 aliphatic rings. The molecule has 10 heteroatoms. The van der Waals surface area contributed by atoms with E-state index in [1.165, 1.54) is 0 Å². The van der Waals surface area contributed by atoms with Crippen LogP contribution in [0.5, 0.6) is 10.9 Å². The fourth-order valence-electron chi connectivity index (χ4n) is 3.46. The topological polar surface area (TPSA) is 99.1 Å². The van der Waals surface area contributed by atoms with Crippen LogP contribution in [0, 0.1) is 0 Å². The van der Waals surface area contributed by atoms with Crippen LogP contribution in [0.25, 0.3) is 11.1 Å². The van der Waals surface area contributed by atoms with Crippen molar-refractivity contribution in [2.75, 3.05) is 12.4 Å². The number of rotatable bonds is 8. The summed E-state index contributed by atoms with van der Waals surface area (Å²) in [6.45, 7) is 0.213. The molecule has 0 atom stereocenters. The normalized spacial score (nSPS) is 12.9. The number of amides is 1. The Bertz CT molecular complexity index is 1320. The molecule has 34 heavy (non-hydrogen) atoms. The molecule has 1 aliphatic carbocycles. The summed E-state index contributed by atoms with van der Waals surface area (Å²) in [7, 11) is 1.61. The van der Waals surface area contributed by atoms with Gasteiger partial charge in [0.1, 0.15) is 12.4 Å². The standard InChI is InChI=1S/C24H20ClN5O3S/c1-32-21-5-3-2-4-17(21)18-10-20(14-6-7-14)27-12-19(18)22(31)28-23-29-30-24(34-23)33-13-16-9-8-15(25)11-26-16/h2-5,8-12,14H,6-7,13H2,1H3,(H,28,29,31). The van der Waals surface area contributed by atoms with Crippen molar-refractivity contribution in [1.29, 1.82) is 0 Å².